The smallest absolute Gasteiger partial charge is 0.147 e. The highest BCUT2D eigenvalue weighted by Crippen LogP contribution is 2.33. The first kappa shape index (κ1) is 19.2. The molecule has 1 N–H and O–H groups in total. The van der Waals surface area contributed by atoms with Crippen molar-refractivity contribution in [3.8, 4) is 16.9 Å². The topological polar surface area (TPSA) is 30.5 Å². The first-order valence-corrected chi connectivity index (χ1v) is 9.38. The Bertz CT molecular complexity index is 815. The molecule has 0 saturated heterocycles. The summed E-state index contributed by atoms with van der Waals surface area (Å²) in [4.78, 5) is 0. The number of likely N-dealkylation sites (N-methyl/N-ethyl adjacent to an activating group) is 1. The van der Waals surface area contributed by atoms with Crippen LogP contribution >= 0.6 is 0 Å². The van der Waals surface area contributed by atoms with Gasteiger partial charge >= 0.3 is 0 Å². The van der Waals surface area contributed by atoms with Gasteiger partial charge in [-0.2, -0.15) is 0 Å². The molecule has 0 bridgehead atoms. The zero-order valence-corrected chi connectivity index (χ0v) is 16.0. The molecule has 3 rings (SSSR count). The average molecular weight is 361 g/mol. The molecule has 0 aromatic heterocycles. The summed E-state index contributed by atoms with van der Waals surface area (Å²) in [5, 5.41) is 3.10. The van der Waals surface area contributed by atoms with Gasteiger partial charge < -0.3 is 14.8 Å². The van der Waals surface area contributed by atoms with E-state index in [9.17, 15) is 0 Å². The van der Waals surface area contributed by atoms with Gasteiger partial charge in [0.1, 0.15) is 11.9 Å². The summed E-state index contributed by atoms with van der Waals surface area (Å²) >= 11 is 0. The Balaban J connectivity index is 1.84. The molecule has 27 heavy (non-hydrogen) atoms. The Labute approximate surface area is 162 Å². The molecular weight excluding hydrogens is 334 g/mol. The quantitative estimate of drug-likeness (QED) is 0.543. The molecule has 3 aromatic rings. The lowest BCUT2D eigenvalue weighted by Crippen LogP contribution is -2.20. The minimum atomic E-state index is -0.158. The van der Waals surface area contributed by atoms with E-state index in [0.717, 1.165) is 29.0 Å². The Kier molecular flexibility index (Phi) is 7.03. The predicted octanol–water partition coefficient (Wildman–Crippen LogP) is 5.02. The van der Waals surface area contributed by atoms with Gasteiger partial charge in [0.25, 0.3) is 0 Å². The van der Waals surface area contributed by atoms with E-state index >= 15 is 0 Å². The highest BCUT2D eigenvalue weighted by atomic mass is 16.5. The molecule has 0 fully saturated rings. The Morgan fingerprint density at radius 3 is 2.30 bits per heavy atom. The van der Waals surface area contributed by atoms with Crippen LogP contribution in [0.5, 0.6) is 5.75 Å². The van der Waals surface area contributed by atoms with Gasteiger partial charge in [0.2, 0.25) is 0 Å². The van der Waals surface area contributed by atoms with Crippen LogP contribution in [0, 0.1) is 6.92 Å². The van der Waals surface area contributed by atoms with E-state index in [0.29, 0.717) is 13.2 Å². The molecule has 3 heteroatoms. The molecule has 0 amide bonds. The SMILES string of the molecule is CNCCOC[C@@H](Oc1ccccc1-c1ccc(C)cc1)c1ccccc1. The summed E-state index contributed by atoms with van der Waals surface area (Å²) in [6.45, 7) is 4.08. The van der Waals surface area contributed by atoms with Crippen molar-refractivity contribution in [2.45, 2.75) is 13.0 Å². The average Bonchev–Trinajstić information content (AvgIpc) is 2.72. The van der Waals surface area contributed by atoms with Crippen LogP contribution in [-0.2, 0) is 4.74 Å². The molecule has 0 aliphatic heterocycles. The van der Waals surface area contributed by atoms with Crippen molar-refractivity contribution in [1.82, 2.24) is 5.32 Å². The zero-order valence-electron chi connectivity index (χ0n) is 16.0. The van der Waals surface area contributed by atoms with Crippen LogP contribution in [0.25, 0.3) is 11.1 Å². The van der Waals surface area contributed by atoms with Crippen LogP contribution in [-0.4, -0.2) is 26.8 Å². The van der Waals surface area contributed by atoms with Gasteiger partial charge in [0.15, 0.2) is 0 Å². The zero-order chi connectivity index (χ0) is 18.9. The van der Waals surface area contributed by atoms with Crippen molar-refractivity contribution in [2.75, 3.05) is 26.8 Å². The fraction of sp³-hybridized carbons (Fsp3) is 0.250. The summed E-state index contributed by atoms with van der Waals surface area (Å²) in [6.07, 6.45) is -0.158. The van der Waals surface area contributed by atoms with Crippen molar-refractivity contribution in [2.24, 2.45) is 0 Å². The van der Waals surface area contributed by atoms with Crippen molar-refractivity contribution in [1.29, 1.82) is 0 Å². The van der Waals surface area contributed by atoms with E-state index in [1.54, 1.807) is 0 Å². The Hall–Kier alpha value is -2.62. The molecule has 0 heterocycles. The van der Waals surface area contributed by atoms with Crippen molar-refractivity contribution in [3.63, 3.8) is 0 Å². The number of rotatable bonds is 9. The Morgan fingerprint density at radius 2 is 1.56 bits per heavy atom. The number of benzene rings is 3. The third-order valence-corrected chi connectivity index (χ3v) is 4.46. The fourth-order valence-electron chi connectivity index (χ4n) is 2.92. The lowest BCUT2D eigenvalue weighted by atomic mass is 10.0. The summed E-state index contributed by atoms with van der Waals surface area (Å²) in [5.41, 5.74) is 4.60. The van der Waals surface area contributed by atoms with Crippen molar-refractivity contribution >= 4 is 0 Å². The lowest BCUT2D eigenvalue weighted by molar-refractivity contribution is 0.0517. The molecule has 0 aliphatic rings. The van der Waals surface area contributed by atoms with Gasteiger partial charge in [-0.1, -0.05) is 78.4 Å². The largest absolute Gasteiger partial charge is 0.483 e. The minimum Gasteiger partial charge on any atom is -0.483 e. The lowest BCUT2D eigenvalue weighted by Gasteiger charge is -2.22. The van der Waals surface area contributed by atoms with Gasteiger partial charge in [-0.3, -0.25) is 0 Å². The van der Waals surface area contributed by atoms with Crippen LogP contribution in [0.15, 0.2) is 78.9 Å². The Morgan fingerprint density at radius 1 is 0.852 bits per heavy atom. The second-order valence-electron chi connectivity index (χ2n) is 6.56. The molecule has 0 radical (unpaired) electrons. The minimum absolute atomic E-state index is 0.158. The summed E-state index contributed by atoms with van der Waals surface area (Å²) in [5.74, 6) is 0.868. The fourth-order valence-corrected chi connectivity index (χ4v) is 2.92. The van der Waals surface area contributed by atoms with Crippen LogP contribution in [0.3, 0.4) is 0 Å². The van der Waals surface area contributed by atoms with Crippen molar-refractivity contribution < 1.29 is 9.47 Å². The van der Waals surface area contributed by atoms with Crippen LogP contribution < -0.4 is 10.1 Å². The third kappa shape index (κ3) is 5.43. The van der Waals surface area contributed by atoms with Gasteiger partial charge in [0.05, 0.1) is 13.2 Å². The van der Waals surface area contributed by atoms with Crippen LogP contribution in [0.1, 0.15) is 17.2 Å². The first-order chi connectivity index (χ1) is 13.3. The van der Waals surface area contributed by atoms with E-state index < -0.39 is 0 Å². The maximum atomic E-state index is 6.45. The summed E-state index contributed by atoms with van der Waals surface area (Å²) < 4.78 is 12.3. The van der Waals surface area contributed by atoms with Gasteiger partial charge in [-0.05, 0) is 31.2 Å². The molecule has 1 atom stereocenters. The summed E-state index contributed by atoms with van der Waals surface area (Å²) in [7, 11) is 1.92. The van der Waals surface area contributed by atoms with Gasteiger partial charge in [0, 0.05) is 12.1 Å². The first-order valence-electron chi connectivity index (χ1n) is 9.38. The monoisotopic (exact) mass is 361 g/mol. The molecule has 3 nitrogen and oxygen atoms in total. The third-order valence-electron chi connectivity index (χ3n) is 4.46. The van der Waals surface area contributed by atoms with Crippen LogP contribution in [0.4, 0.5) is 0 Å². The highest BCUT2D eigenvalue weighted by Gasteiger charge is 2.16. The molecule has 0 saturated carbocycles. The number of ether oxygens (including phenoxy) is 2. The molecule has 140 valence electrons. The van der Waals surface area contributed by atoms with E-state index in [-0.39, 0.29) is 6.10 Å². The van der Waals surface area contributed by atoms with Gasteiger partial charge in [-0.15, -0.1) is 0 Å². The standard InChI is InChI=1S/C24H27NO2/c1-19-12-14-20(15-13-19)22-10-6-7-11-23(22)27-24(18-26-17-16-25-2)21-8-4-3-5-9-21/h3-15,24-25H,16-18H2,1-2H3/t24-/m1/s1. The second-order valence-corrected chi connectivity index (χ2v) is 6.56. The second kappa shape index (κ2) is 9.91. The van der Waals surface area contributed by atoms with Crippen LogP contribution in [0.2, 0.25) is 0 Å². The molecule has 0 unspecified atom stereocenters. The van der Waals surface area contributed by atoms with E-state index in [2.05, 4.69) is 54.7 Å². The molecule has 0 aliphatic carbocycles. The van der Waals surface area contributed by atoms with E-state index in [4.69, 9.17) is 9.47 Å². The van der Waals surface area contributed by atoms with E-state index in [1.807, 2.05) is 43.4 Å². The predicted molar refractivity (Wildman–Crippen MR) is 111 cm³/mol. The molecular formula is C24H27NO2. The summed E-state index contributed by atoms with van der Waals surface area (Å²) in [6, 6.07) is 27.0. The number of aryl methyl sites for hydroxylation is 1. The number of para-hydroxylation sites is 1. The maximum Gasteiger partial charge on any atom is 0.147 e. The normalized spacial score (nSPS) is 11.9. The number of nitrogens with one attached hydrogen (secondary N) is 1. The molecule has 3 aromatic carbocycles. The number of hydrogen-bond acceptors (Lipinski definition) is 3. The van der Waals surface area contributed by atoms with Gasteiger partial charge in [-0.25, -0.2) is 0 Å². The van der Waals surface area contributed by atoms with E-state index in [1.165, 1.54) is 5.56 Å². The van der Waals surface area contributed by atoms with Crippen molar-refractivity contribution in [3.05, 3.63) is 90.0 Å². The molecule has 0 spiro atoms. The maximum absolute atomic E-state index is 6.45. The number of hydrogen-bond donors (Lipinski definition) is 1. The highest BCUT2D eigenvalue weighted by molar-refractivity contribution is 5.70.